The number of carboxylic acid groups (broad SMARTS) is 2. The number of nitro benzene ring substituents is 1. The number of hydrogen-bond acceptors (Lipinski definition) is 6. The predicted molar refractivity (Wildman–Crippen MR) is 76.5 cm³/mol. The van der Waals surface area contributed by atoms with Crippen molar-refractivity contribution in [2.24, 2.45) is 11.8 Å². The summed E-state index contributed by atoms with van der Waals surface area (Å²) < 4.78 is 5.08. The van der Waals surface area contributed by atoms with Gasteiger partial charge in [0.1, 0.15) is 0 Å². The van der Waals surface area contributed by atoms with E-state index in [2.05, 4.69) is 0 Å². The number of hydrogen-bond donors (Lipinski definition) is 2. The third-order valence-electron chi connectivity index (χ3n) is 3.19. The Morgan fingerprint density at radius 3 is 2.26 bits per heavy atom. The topological polar surface area (TPSA) is 144 Å². The van der Waals surface area contributed by atoms with Gasteiger partial charge >= 0.3 is 17.6 Å². The molecular weight excluding hydrogens is 310 g/mol. The van der Waals surface area contributed by atoms with Gasteiger partial charge in [-0.2, -0.15) is 0 Å². The smallest absolute Gasteiger partial charge is 0.318 e. The molecule has 1 unspecified atom stereocenters. The number of benzene rings is 1. The van der Waals surface area contributed by atoms with E-state index in [0.29, 0.717) is 0 Å². The van der Waals surface area contributed by atoms with E-state index in [1.807, 2.05) is 0 Å². The van der Waals surface area contributed by atoms with E-state index in [9.17, 15) is 24.5 Å². The number of Topliss-reactive ketones (excluding diaryl/α,β-unsaturated/α-hetero) is 1. The second kappa shape index (κ2) is 7.34. The van der Waals surface area contributed by atoms with Gasteiger partial charge in [0.25, 0.3) is 0 Å². The minimum absolute atomic E-state index is 0.0327. The first-order valence-electron chi connectivity index (χ1n) is 6.61. The number of ketones is 1. The minimum atomic E-state index is -1.94. The summed E-state index contributed by atoms with van der Waals surface area (Å²) in [5, 5.41) is 28.8. The van der Waals surface area contributed by atoms with E-state index in [-0.39, 0.29) is 17.9 Å². The lowest BCUT2D eigenvalue weighted by Gasteiger charge is -2.15. The number of nitro groups is 1. The largest absolute Gasteiger partial charge is 0.487 e. The third-order valence-corrected chi connectivity index (χ3v) is 3.19. The van der Waals surface area contributed by atoms with Crippen molar-refractivity contribution in [2.75, 3.05) is 6.61 Å². The Kier molecular flexibility index (Phi) is 5.77. The molecule has 0 heterocycles. The van der Waals surface area contributed by atoms with Crippen molar-refractivity contribution < 1.29 is 34.3 Å². The molecule has 1 aromatic rings. The Morgan fingerprint density at radius 1 is 1.26 bits per heavy atom. The number of nitrogens with zero attached hydrogens (tertiary/aromatic N) is 1. The number of rotatable bonds is 8. The third kappa shape index (κ3) is 4.02. The summed E-state index contributed by atoms with van der Waals surface area (Å²) in [6, 6.07) is 3.40. The van der Waals surface area contributed by atoms with Crippen LogP contribution in [0.3, 0.4) is 0 Å². The molecule has 1 rings (SSSR count). The van der Waals surface area contributed by atoms with Gasteiger partial charge < -0.3 is 14.9 Å². The van der Waals surface area contributed by atoms with E-state index < -0.39 is 40.2 Å². The van der Waals surface area contributed by atoms with Gasteiger partial charge in [-0.1, -0.05) is 6.92 Å². The zero-order valence-electron chi connectivity index (χ0n) is 12.4. The molecule has 0 aliphatic heterocycles. The summed E-state index contributed by atoms with van der Waals surface area (Å²) in [6.45, 7) is 2.97. The monoisotopic (exact) mass is 325 g/mol. The number of carbonyl (C=O) groups is 3. The van der Waals surface area contributed by atoms with Crippen LogP contribution in [0.2, 0.25) is 0 Å². The van der Waals surface area contributed by atoms with Crippen molar-refractivity contribution in [1.82, 2.24) is 0 Å². The molecule has 0 aromatic heterocycles. The van der Waals surface area contributed by atoms with Gasteiger partial charge in [0.15, 0.2) is 17.5 Å². The first-order valence-corrected chi connectivity index (χ1v) is 6.61. The summed E-state index contributed by atoms with van der Waals surface area (Å²) in [6.07, 6.45) is 0. The van der Waals surface area contributed by atoms with E-state index in [1.165, 1.54) is 12.1 Å². The molecule has 0 saturated heterocycles. The maximum Gasteiger partial charge on any atom is 0.318 e. The highest BCUT2D eigenvalue weighted by Crippen LogP contribution is 2.30. The molecule has 0 radical (unpaired) electrons. The molecule has 0 aliphatic carbocycles. The molecule has 0 fully saturated rings. The van der Waals surface area contributed by atoms with E-state index in [4.69, 9.17) is 14.9 Å². The zero-order valence-corrected chi connectivity index (χ0v) is 12.4. The standard InChI is InChI=1S/C14H15NO8/c1-3-23-10-5-4-8(6-9(10)15(21)22)12(16)7(2)11(13(17)18)14(19)20/h4-7,11H,3H2,1-2H3,(H,17,18)(H,19,20). The molecule has 2 N–H and O–H groups in total. The number of carboxylic acids is 2. The molecule has 124 valence electrons. The van der Waals surface area contributed by atoms with Crippen LogP contribution in [0.4, 0.5) is 5.69 Å². The van der Waals surface area contributed by atoms with Crippen molar-refractivity contribution in [2.45, 2.75) is 13.8 Å². The van der Waals surface area contributed by atoms with Gasteiger partial charge in [-0.05, 0) is 19.1 Å². The highest BCUT2D eigenvalue weighted by Gasteiger charge is 2.37. The highest BCUT2D eigenvalue weighted by molar-refractivity contribution is 6.05. The van der Waals surface area contributed by atoms with Gasteiger partial charge in [-0.25, -0.2) is 0 Å². The lowest BCUT2D eigenvalue weighted by atomic mass is 9.87. The van der Waals surface area contributed by atoms with Crippen LogP contribution < -0.4 is 4.74 Å². The molecule has 0 spiro atoms. The fraction of sp³-hybridized carbons (Fsp3) is 0.357. The lowest BCUT2D eigenvalue weighted by Crippen LogP contribution is -2.34. The fourth-order valence-electron chi connectivity index (χ4n) is 2.04. The van der Waals surface area contributed by atoms with Crippen LogP contribution >= 0.6 is 0 Å². The quantitative estimate of drug-likeness (QED) is 0.317. The second-order valence-electron chi connectivity index (χ2n) is 4.68. The van der Waals surface area contributed by atoms with Crippen molar-refractivity contribution in [1.29, 1.82) is 0 Å². The molecule has 0 aliphatic rings. The molecule has 9 nitrogen and oxygen atoms in total. The van der Waals surface area contributed by atoms with Crippen LogP contribution in [-0.4, -0.2) is 39.5 Å². The summed E-state index contributed by atoms with van der Waals surface area (Å²) in [5.41, 5.74) is -0.604. The van der Waals surface area contributed by atoms with Crippen molar-refractivity contribution in [3.05, 3.63) is 33.9 Å². The molecule has 1 atom stereocenters. The molecule has 9 heteroatoms. The second-order valence-corrected chi connectivity index (χ2v) is 4.68. The Bertz CT molecular complexity index is 640. The Balaban J connectivity index is 3.22. The van der Waals surface area contributed by atoms with Gasteiger partial charge in [0, 0.05) is 17.5 Å². The fourth-order valence-corrected chi connectivity index (χ4v) is 2.04. The van der Waals surface area contributed by atoms with E-state index in [1.54, 1.807) is 6.92 Å². The number of ether oxygens (including phenoxy) is 1. The van der Waals surface area contributed by atoms with Gasteiger partial charge in [0.05, 0.1) is 11.5 Å². The summed E-state index contributed by atoms with van der Waals surface area (Å²) in [7, 11) is 0. The summed E-state index contributed by atoms with van der Waals surface area (Å²) >= 11 is 0. The Hall–Kier alpha value is -2.97. The van der Waals surface area contributed by atoms with Gasteiger partial charge in [-0.3, -0.25) is 24.5 Å². The van der Waals surface area contributed by atoms with Crippen LogP contribution in [0.5, 0.6) is 5.75 Å². The SMILES string of the molecule is CCOc1ccc(C(=O)C(C)C(C(=O)O)C(=O)O)cc1[N+](=O)[O-]. The van der Waals surface area contributed by atoms with Crippen LogP contribution in [0.25, 0.3) is 0 Å². The Labute approximate surface area is 130 Å². The van der Waals surface area contributed by atoms with Crippen molar-refractivity contribution in [3.8, 4) is 5.75 Å². The molecule has 1 aromatic carbocycles. The lowest BCUT2D eigenvalue weighted by molar-refractivity contribution is -0.385. The normalized spacial score (nSPS) is 11.8. The molecule has 23 heavy (non-hydrogen) atoms. The predicted octanol–water partition coefficient (Wildman–Crippen LogP) is 1.60. The number of aliphatic carboxylic acids is 2. The zero-order chi connectivity index (χ0) is 17.7. The van der Waals surface area contributed by atoms with Crippen LogP contribution in [-0.2, 0) is 9.59 Å². The maximum atomic E-state index is 12.2. The Morgan fingerprint density at radius 2 is 1.83 bits per heavy atom. The average molecular weight is 325 g/mol. The van der Waals surface area contributed by atoms with Crippen molar-refractivity contribution >= 4 is 23.4 Å². The van der Waals surface area contributed by atoms with Gasteiger partial charge in [0.2, 0.25) is 0 Å². The highest BCUT2D eigenvalue weighted by atomic mass is 16.6. The molecular formula is C14H15NO8. The summed E-state index contributed by atoms with van der Waals surface area (Å²) in [5.74, 6) is -7.48. The summed E-state index contributed by atoms with van der Waals surface area (Å²) in [4.78, 5) is 44.5. The van der Waals surface area contributed by atoms with Crippen LogP contribution in [0.15, 0.2) is 18.2 Å². The van der Waals surface area contributed by atoms with E-state index >= 15 is 0 Å². The molecule has 0 bridgehead atoms. The van der Waals surface area contributed by atoms with Crippen LogP contribution in [0, 0.1) is 22.0 Å². The first kappa shape index (κ1) is 18.1. The van der Waals surface area contributed by atoms with Crippen LogP contribution in [0.1, 0.15) is 24.2 Å². The first-order chi connectivity index (χ1) is 10.7. The maximum absolute atomic E-state index is 12.2. The van der Waals surface area contributed by atoms with Gasteiger partial charge in [-0.15, -0.1) is 0 Å². The number of carbonyl (C=O) groups excluding carboxylic acids is 1. The minimum Gasteiger partial charge on any atom is -0.487 e. The average Bonchev–Trinajstić information content (AvgIpc) is 2.46. The van der Waals surface area contributed by atoms with Crippen molar-refractivity contribution in [3.63, 3.8) is 0 Å². The van der Waals surface area contributed by atoms with E-state index in [0.717, 1.165) is 13.0 Å². The molecule has 0 saturated carbocycles. The molecule has 0 amide bonds.